The minimum Gasteiger partial charge on any atom is -0.455 e. The average molecular weight is 794 g/mol. The molecule has 0 radical (unpaired) electrons. The van der Waals surface area contributed by atoms with Gasteiger partial charge in [-0.25, -0.2) is 15.0 Å². The van der Waals surface area contributed by atoms with Gasteiger partial charge in [0.2, 0.25) is 0 Å². The van der Waals surface area contributed by atoms with E-state index >= 15 is 0 Å². The summed E-state index contributed by atoms with van der Waals surface area (Å²) in [6.45, 7) is 0. The monoisotopic (exact) mass is 793 g/mol. The Kier molecular flexibility index (Phi) is 8.42. The van der Waals surface area contributed by atoms with E-state index in [1.165, 1.54) is 0 Å². The molecule has 3 aromatic heterocycles. The van der Waals surface area contributed by atoms with Crippen LogP contribution in [-0.4, -0.2) is 15.0 Å². The molecule has 0 aliphatic carbocycles. The molecular weight excluding hydrogens is 759 g/mol. The van der Waals surface area contributed by atoms with Crippen molar-refractivity contribution < 1.29 is 8.83 Å². The molecule has 5 nitrogen and oxygen atoms in total. The molecule has 0 spiro atoms. The predicted molar refractivity (Wildman–Crippen MR) is 252 cm³/mol. The van der Waals surface area contributed by atoms with Crippen molar-refractivity contribution in [1.82, 2.24) is 15.0 Å². The van der Waals surface area contributed by atoms with Crippen molar-refractivity contribution in [1.29, 1.82) is 0 Å². The highest BCUT2D eigenvalue weighted by Gasteiger charge is 2.22. The van der Waals surface area contributed by atoms with Gasteiger partial charge in [-0.2, -0.15) is 0 Å². The summed E-state index contributed by atoms with van der Waals surface area (Å²) in [5.41, 5.74) is 14.4. The van der Waals surface area contributed by atoms with Crippen LogP contribution in [0, 0.1) is 0 Å². The van der Waals surface area contributed by atoms with Gasteiger partial charge < -0.3 is 8.83 Å². The Morgan fingerprint density at radius 1 is 0.242 bits per heavy atom. The smallest absolute Gasteiger partial charge is 0.167 e. The van der Waals surface area contributed by atoms with Crippen molar-refractivity contribution in [3.8, 4) is 78.7 Å². The van der Waals surface area contributed by atoms with Gasteiger partial charge in [-0.05, 0) is 80.9 Å². The number of para-hydroxylation sites is 2. The lowest BCUT2D eigenvalue weighted by Crippen LogP contribution is -2.00. The lowest BCUT2D eigenvalue weighted by Gasteiger charge is -2.11. The molecule has 0 saturated carbocycles. The van der Waals surface area contributed by atoms with Crippen molar-refractivity contribution in [3.63, 3.8) is 0 Å². The molecule has 0 amide bonds. The van der Waals surface area contributed by atoms with Crippen LogP contribution in [0.2, 0.25) is 0 Å². The van der Waals surface area contributed by atoms with E-state index in [0.717, 1.165) is 93.9 Å². The van der Waals surface area contributed by atoms with E-state index in [4.69, 9.17) is 23.8 Å². The molecular formula is C57H35N3O2. The fourth-order valence-electron chi connectivity index (χ4n) is 8.80. The van der Waals surface area contributed by atoms with Crippen molar-refractivity contribution in [2.75, 3.05) is 0 Å². The third kappa shape index (κ3) is 6.06. The second-order valence-corrected chi connectivity index (χ2v) is 15.5. The highest BCUT2D eigenvalue weighted by molar-refractivity contribution is 6.13. The lowest BCUT2D eigenvalue weighted by molar-refractivity contribution is 0.669. The van der Waals surface area contributed by atoms with E-state index < -0.39 is 0 Å². The molecule has 0 atom stereocenters. The molecule has 12 rings (SSSR count). The quantitative estimate of drug-likeness (QED) is 0.161. The van der Waals surface area contributed by atoms with Crippen LogP contribution in [0.3, 0.4) is 0 Å². The normalized spacial score (nSPS) is 11.5. The number of benzene rings is 9. The fourth-order valence-corrected chi connectivity index (χ4v) is 8.80. The zero-order valence-electron chi connectivity index (χ0n) is 33.4. The van der Waals surface area contributed by atoms with Gasteiger partial charge in [-0.15, -0.1) is 0 Å². The minimum atomic E-state index is 0.510. The summed E-state index contributed by atoms with van der Waals surface area (Å²) in [5, 5.41) is 4.02. The summed E-state index contributed by atoms with van der Waals surface area (Å²) in [6, 6.07) is 73.3. The maximum absolute atomic E-state index is 6.87. The summed E-state index contributed by atoms with van der Waals surface area (Å²) in [7, 11) is 0. The van der Waals surface area contributed by atoms with E-state index in [0.29, 0.717) is 28.6 Å². The molecule has 290 valence electrons. The van der Waals surface area contributed by atoms with Gasteiger partial charge in [0.05, 0.1) is 11.1 Å². The summed E-state index contributed by atoms with van der Waals surface area (Å²) >= 11 is 0. The van der Waals surface area contributed by atoms with Crippen molar-refractivity contribution in [2.24, 2.45) is 0 Å². The first-order valence-electron chi connectivity index (χ1n) is 20.8. The van der Waals surface area contributed by atoms with E-state index in [1.807, 2.05) is 54.6 Å². The molecule has 5 heteroatoms. The number of fused-ring (bicyclic) bond motifs is 6. The molecule has 3 heterocycles. The summed E-state index contributed by atoms with van der Waals surface area (Å²) in [6.07, 6.45) is 0. The van der Waals surface area contributed by atoms with Gasteiger partial charge in [-0.3, -0.25) is 0 Å². The largest absolute Gasteiger partial charge is 0.455 e. The molecule has 0 N–H and O–H groups in total. The first kappa shape index (κ1) is 35.5. The van der Waals surface area contributed by atoms with Crippen LogP contribution in [-0.2, 0) is 0 Å². The molecule has 12 aromatic rings. The van der Waals surface area contributed by atoms with E-state index in [-0.39, 0.29) is 0 Å². The van der Waals surface area contributed by atoms with Gasteiger partial charge in [0.1, 0.15) is 22.3 Å². The second-order valence-electron chi connectivity index (χ2n) is 15.5. The third-order valence-corrected chi connectivity index (χ3v) is 11.8. The van der Waals surface area contributed by atoms with Gasteiger partial charge >= 0.3 is 0 Å². The summed E-state index contributed by atoms with van der Waals surface area (Å²) in [5.74, 6) is 1.58. The Hall–Kier alpha value is -8.41. The first-order valence-corrected chi connectivity index (χ1v) is 20.8. The fraction of sp³-hybridized carbons (Fsp3) is 0. The lowest BCUT2D eigenvalue weighted by atomic mass is 9.92. The summed E-state index contributed by atoms with van der Waals surface area (Å²) < 4.78 is 13.7. The molecule has 62 heavy (non-hydrogen) atoms. The van der Waals surface area contributed by atoms with Crippen molar-refractivity contribution in [3.05, 3.63) is 212 Å². The zero-order valence-corrected chi connectivity index (χ0v) is 33.4. The Bertz CT molecular complexity index is 3380. The van der Waals surface area contributed by atoms with E-state index in [1.54, 1.807) is 0 Å². The van der Waals surface area contributed by atoms with Crippen molar-refractivity contribution in [2.45, 2.75) is 0 Å². The number of nitrogens with zero attached hydrogens (tertiary/aromatic N) is 3. The van der Waals surface area contributed by atoms with Gasteiger partial charge in [0.15, 0.2) is 17.5 Å². The molecule has 9 aromatic carbocycles. The summed E-state index contributed by atoms with van der Waals surface area (Å²) in [4.78, 5) is 15.6. The van der Waals surface area contributed by atoms with Crippen LogP contribution in [0.5, 0.6) is 0 Å². The number of aromatic nitrogens is 3. The number of hydrogen-bond donors (Lipinski definition) is 0. The number of hydrogen-bond acceptors (Lipinski definition) is 5. The topological polar surface area (TPSA) is 65.0 Å². The molecule has 0 unspecified atom stereocenters. The SMILES string of the molecule is c1ccc(-c2nc(-c3cccc4c3oc3cc(-c5ccccc5)c(-c5ccccc5)cc34)nc(-c3cccc4c3oc3cc(-c5ccccc5)c(-c5ccccc5)cc34)n2)cc1. The Balaban J connectivity index is 1.07. The van der Waals surface area contributed by atoms with E-state index in [2.05, 4.69) is 158 Å². The zero-order chi connectivity index (χ0) is 41.0. The maximum atomic E-state index is 6.87. The Morgan fingerprint density at radius 3 is 0.935 bits per heavy atom. The van der Waals surface area contributed by atoms with Crippen LogP contribution in [0.25, 0.3) is 123 Å². The second kappa shape index (κ2) is 14.7. The Labute approximate surface area is 357 Å². The highest BCUT2D eigenvalue weighted by Crippen LogP contribution is 2.44. The van der Waals surface area contributed by atoms with E-state index in [9.17, 15) is 0 Å². The Morgan fingerprint density at radius 2 is 0.565 bits per heavy atom. The minimum absolute atomic E-state index is 0.510. The van der Waals surface area contributed by atoms with Crippen LogP contribution in [0.15, 0.2) is 221 Å². The maximum Gasteiger partial charge on any atom is 0.167 e. The van der Waals surface area contributed by atoms with Gasteiger partial charge in [0.25, 0.3) is 0 Å². The van der Waals surface area contributed by atoms with Crippen LogP contribution in [0.4, 0.5) is 0 Å². The highest BCUT2D eigenvalue weighted by atomic mass is 16.3. The van der Waals surface area contributed by atoms with Gasteiger partial charge in [0, 0.05) is 27.1 Å². The molecule has 0 aliphatic heterocycles. The third-order valence-electron chi connectivity index (χ3n) is 11.8. The number of furan rings is 2. The van der Waals surface area contributed by atoms with Gasteiger partial charge in [-0.1, -0.05) is 176 Å². The van der Waals surface area contributed by atoms with Crippen LogP contribution in [0.1, 0.15) is 0 Å². The molecule has 0 fully saturated rings. The molecule has 0 aliphatic rings. The molecule has 0 bridgehead atoms. The first-order chi connectivity index (χ1) is 30.7. The standard InChI is InChI=1S/C57H35N3O2/c1-6-18-36(19-7-1)45-32-49-41-28-16-30-43(53(41)61-51(49)34-47(45)38-22-10-3-11-23-38)56-58-55(40-26-14-5-15-27-40)59-57(60-56)44-31-17-29-42-50-33-46(37-20-8-2-9-21-37)48(35-52(50)62-54(42)44)39-24-12-4-13-25-39/h1-35H. The van der Waals surface area contributed by atoms with Crippen LogP contribution >= 0.6 is 0 Å². The number of rotatable bonds is 7. The van der Waals surface area contributed by atoms with Crippen LogP contribution < -0.4 is 0 Å². The average Bonchev–Trinajstić information content (AvgIpc) is 3.92. The molecule has 0 saturated heterocycles. The predicted octanol–water partition coefficient (Wildman–Crippen LogP) is 15.3. The van der Waals surface area contributed by atoms with Crippen molar-refractivity contribution >= 4 is 43.9 Å².